The van der Waals surface area contributed by atoms with Gasteiger partial charge in [-0.1, -0.05) is 24.3 Å². The van der Waals surface area contributed by atoms with E-state index < -0.39 is 18.5 Å². The van der Waals surface area contributed by atoms with Gasteiger partial charge >= 0.3 is 5.97 Å². The van der Waals surface area contributed by atoms with Crippen molar-refractivity contribution in [1.29, 1.82) is 0 Å². The van der Waals surface area contributed by atoms with Crippen LogP contribution < -0.4 is 14.8 Å². The third-order valence-corrected chi connectivity index (χ3v) is 5.27. The first kappa shape index (κ1) is 22.0. The lowest BCUT2D eigenvalue weighted by Crippen LogP contribution is -2.22. The molecule has 0 aliphatic carbocycles. The maximum atomic E-state index is 12.8. The monoisotopic (exact) mass is 465 g/mol. The summed E-state index contributed by atoms with van der Waals surface area (Å²) < 4.78 is 16.9. The Labute approximate surface area is 192 Å². The molecule has 0 saturated carbocycles. The number of anilines is 1. The van der Waals surface area contributed by atoms with Gasteiger partial charge in [-0.3, -0.25) is 10.1 Å². The minimum absolute atomic E-state index is 0.0385. The van der Waals surface area contributed by atoms with Crippen LogP contribution in [0.25, 0.3) is 16.3 Å². The highest BCUT2D eigenvalue weighted by molar-refractivity contribution is 7.13. The maximum Gasteiger partial charge on any atom is 0.342 e. The van der Waals surface area contributed by atoms with E-state index in [-0.39, 0.29) is 23.3 Å². The van der Waals surface area contributed by atoms with Gasteiger partial charge in [-0.25, -0.2) is 9.48 Å². The summed E-state index contributed by atoms with van der Waals surface area (Å²) in [6.07, 6.45) is 1.58. The maximum absolute atomic E-state index is 12.8. The van der Waals surface area contributed by atoms with E-state index in [1.54, 1.807) is 10.9 Å². The summed E-state index contributed by atoms with van der Waals surface area (Å²) in [5.41, 5.74) is 1.50. The first-order chi connectivity index (χ1) is 16.1. The number of methoxy groups -OCH3 is 2. The van der Waals surface area contributed by atoms with Crippen LogP contribution in [0.1, 0.15) is 10.4 Å². The van der Waals surface area contributed by atoms with Crippen LogP contribution >= 0.6 is 11.3 Å². The molecular formula is C22H19N5O5S. The van der Waals surface area contributed by atoms with Crippen LogP contribution in [-0.4, -0.2) is 52.5 Å². The second-order valence-corrected chi connectivity index (χ2v) is 7.50. The van der Waals surface area contributed by atoms with E-state index in [4.69, 9.17) is 14.2 Å². The van der Waals surface area contributed by atoms with Gasteiger partial charge in [-0.15, -0.1) is 11.3 Å². The first-order valence-electron chi connectivity index (χ1n) is 9.70. The topological polar surface area (TPSA) is 117 Å². The van der Waals surface area contributed by atoms with Crippen LogP contribution in [0.4, 0.5) is 5.95 Å². The van der Waals surface area contributed by atoms with Crippen molar-refractivity contribution in [2.45, 2.75) is 0 Å². The summed E-state index contributed by atoms with van der Waals surface area (Å²) in [6, 6.07) is 14.6. The van der Waals surface area contributed by atoms with E-state index in [9.17, 15) is 9.59 Å². The lowest BCUT2D eigenvalue weighted by atomic mass is 10.2. The number of aromatic nitrogens is 4. The fourth-order valence-electron chi connectivity index (χ4n) is 2.87. The Morgan fingerprint density at radius 1 is 1.03 bits per heavy atom. The molecule has 0 aliphatic rings. The van der Waals surface area contributed by atoms with Gasteiger partial charge in [-0.05, 0) is 23.6 Å². The molecule has 3 heterocycles. The van der Waals surface area contributed by atoms with Gasteiger partial charge in [0.25, 0.3) is 5.91 Å². The van der Waals surface area contributed by atoms with Gasteiger partial charge < -0.3 is 14.2 Å². The number of para-hydroxylation sites is 1. The van der Waals surface area contributed by atoms with Crippen molar-refractivity contribution in [2.24, 2.45) is 0 Å². The van der Waals surface area contributed by atoms with E-state index >= 15 is 0 Å². The normalized spacial score (nSPS) is 10.5. The zero-order chi connectivity index (χ0) is 23.2. The number of nitrogens with zero attached hydrogens (tertiary/aromatic N) is 4. The third-order valence-electron chi connectivity index (χ3n) is 4.39. The number of thiophene rings is 1. The molecule has 0 bridgehead atoms. The lowest BCUT2D eigenvalue weighted by molar-refractivity contribution is -0.119. The van der Waals surface area contributed by atoms with E-state index in [1.165, 1.54) is 31.6 Å². The molecule has 0 fully saturated rings. The van der Waals surface area contributed by atoms with Crippen LogP contribution in [0.5, 0.6) is 11.8 Å². The Bertz CT molecular complexity index is 1240. The number of carbonyl (C=O) groups excluding carboxylic acids is 2. The van der Waals surface area contributed by atoms with Crippen molar-refractivity contribution >= 4 is 29.2 Å². The zero-order valence-electron chi connectivity index (χ0n) is 17.7. The van der Waals surface area contributed by atoms with Crippen molar-refractivity contribution < 1.29 is 23.8 Å². The summed E-state index contributed by atoms with van der Waals surface area (Å²) in [4.78, 5) is 34.0. The van der Waals surface area contributed by atoms with Crippen molar-refractivity contribution in [3.05, 3.63) is 65.7 Å². The molecule has 0 aliphatic heterocycles. The molecule has 4 aromatic rings. The molecule has 1 aromatic carbocycles. The minimum Gasteiger partial charge on any atom is -0.481 e. The molecule has 0 radical (unpaired) electrons. The average molecular weight is 465 g/mol. The summed E-state index contributed by atoms with van der Waals surface area (Å²) in [5, 5.41) is 8.90. The fraction of sp³-hybridized carbons (Fsp3) is 0.136. The number of rotatable bonds is 8. The molecule has 0 saturated heterocycles. The zero-order valence-corrected chi connectivity index (χ0v) is 18.5. The number of amides is 1. The predicted molar refractivity (Wildman–Crippen MR) is 121 cm³/mol. The molecule has 0 atom stereocenters. The summed E-state index contributed by atoms with van der Waals surface area (Å²) in [7, 11) is 2.85. The van der Waals surface area contributed by atoms with Crippen molar-refractivity contribution in [1.82, 2.24) is 19.7 Å². The largest absolute Gasteiger partial charge is 0.481 e. The van der Waals surface area contributed by atoms with Gasteiger partial charge in [0, 0.05) is 6.20 Å². The van der Waals surface area contributed by atoms with E-state index in [1.807, 2.05) is 47.8 Å². The quantitative estimate of drug-likeness (QED) is 0.394. The molecular weight excluding hydrogens is 446 g/mol. The predicted octanol–water partition coefficient (Wildman–Crippen LogP) is 3.20. The highest BCUT2D eigenvalue weighted by Crippen LogP contribution is 2.28. The van der Waals surface area contributed by atoms with Gasteiger partial charge in [0.2, 0.25) is 17.7 Å². The Morgan fingerprint density at radius 2 is 1.76 bits per heavy atom. The van der Waals surface area contributed by atoms with E-state index in [0.29, 0.717) is 5.69 Å². The third kappa shape index (κ3) is 5.15. The molecule has 3 aromatic heterocycles. The van der Waals surface area contributed by atoms with E-state index in [0.717, 1.165) is 10.6 Å². The van der Waals surface area contributed by atoms with Crippen molar-refractivity contribution in [2.75, 3.05) is 26.1 Å². The van der Waals surface area contributed by atoms with E-state index in [2.05, 4.69) is 20.4 Å². The van der Waals surface area contributed by atoms with Gasteiger partial charge in [0.1, 0.15) is 11.3 Å². The number of carbonyl (C=O) groups is 2. The molecule has 10 nitrogen and oxygen atoms in total. The second kappa shape index (κ2) is 9.92. The highest BCUT2D eigenvalue weighted by atomic mass is 32.1. The van der Waals surface area contributed by atoms with Gasteiger partial charge in [-0.2, -0.15) is 15.1 Å². The minimum atomic E-state index is -0.681. The van der Waals surface area contributed by atoms with Crippen molar-refractivity contribution in [3.8, 4) is 28.0 Å². The molecule has 1 amide bonds. The molecule has 4 rings (SSSR count). The fourth-order valence-corrected chi connectivity index (χ4v) is 3.59. The van der Waals surface area contributed by atoms with Gasteiger partial charge in [0.05, 0.1) is 30.9 Å². The van der Waals surface area contributed by atoms with Crippen LogP contribution in [0, 0.1) is 0 Å². The highest BCUT2D eigenvalue weighted by Gasteiger charge is 2.22. The van der Waals surface area contributed by atoms with Crippen LogP contribution in [-0.2, 0) is 9.53 Å². The Morgan fingerprint density at radius 3 is 2.39 bits per heavy atom. The Hall–Kier alpha value is -4.25. The number of esters is 1. The van der Waals surface area contributed by atoms with Crippen molar-refractivity contribution in [3.63, 3.8) is 0 Å². The first-order valence-corrected chi connectivity index (χ1v) is 10.6. The van der Waals surface area contributed by atoms with Crippen LogP contribution in [0.15, 0.2) is 60.1 Å². The Kier molecular flexibility index (Phi) is 6.60. The molecule has 0 spiro atoms. The molecule has 11 heteroatoms. The van der Waals surface area contributed by atoms with Crippen LogP contribution in [0.2, 0.25) is 0 Å². The molecule has 1 N–H and O–H groups in total. The number of benzene rings is 1. The second-order valence-electron chi connectivity index (χ2n) is 6.55. The summed E-state index contributed by atoms with van der Waals surface area (Å²) in [5.74, 6) is -0.916. The smallest absolute Gasteiger partial charge is 0.342 e. The van der Waals surface area contributed by atoms with Crippen LogP contribution in [0.3, 0.4) is 0 Å². The molecule has 168 valence electrons. The SMILES string of the molecule is COc1cc(OC)nc(NC(=O)COC(=O)c2cn(-c3ccccc3)nc2-c2cccs2)n1. The average Bonchev–Trinajstić information content (AvgIpc) is 3.53. The Balaban J connectivity index is 1.49. The standard InChI is InChI=1S/C22H19N5O5S/c1-30-18-11-19(31-2)25-22(24-18)23-17(28)13-32-21(29)15-12-27(14-7-4-3-5-8-14)26-20(15)16-9-6-10-33-16/h3-12H,13H2,1-2H3,(H,23,24,25,28). The summed E-state index contributed by atoms with van der Waals surface area (Å²) in [6.45, 7) is -0.540. The number of hydrogen-bond donors (Lipinski definition) is 1. The van der Waals surface area contributed by atoms with Gasteiger partial charge in [0.15, 0.2) is 6.61 Å². The lowest BCUT2D eigenvalue weighted by Gasteiger charge is -2.08. The summed E-state index contributed by atoms with van der Waals surface area (Å²) >= 11 is 1.45. The number of nitrogens with one attached hydrogen (secondary N) is 1. The molecule has 0 unspecified atom stereocenters. The number of hydrogen-bond acceptors (Lipinski definition) is 9. The number of ether oxygens (including phenoxy) is 3. The molecule has 33 heavy (non-hydrogen) atoms.